The van der Waals surface area contributed by atoms with E-state index in [4.69, 9.17) is 4.74 Å². The number of hydrogen-bond acceptors (Lipinski definition) is 4. The Balaban J connectivity index is 1.54. The Kier molecular flexibility index (Phi) is 7.21. The summed E-state index contributed by atoms with van der Waals surface area (Å²) in [7, 11) is 1.45. The lowest BCUT2D eigenvalue weighted by Gasteiger charge is -2.22. The van der Waals surface area contributed by atoms with Crippen molar-refractivity contribution in [2.24, 2.45) is 0 Å². The number of para-hydroxylation sites is 3. The van der Waals surface area contributed by atoms with Gasteiger partial charge in [0.25, 0.3) is 5.52 Å². The molecule has 2 heterocycles. The molecule has 0 spiro atoms. The number of anilines is 1. The lowest BCUT2D eigenvalue weighted by Crippen LogP contribution is -2.46. The van der Waals surface area contributed by atoms with Crippen LogP contribution >= 0.6 is 11.8 Å². The zero-order valence-electron chi connectivity index (χ0n) is 19.0. The molecular weight excluding hydrogens is 465 g/mol. The first-order valence-corrected chi connectivity index (χ1v) is 12.1. The van der Waals surface area contributed by atoms with Crippen LogP contribution < -0.4 is 18.9 Å². The fraction of sp³-hybridized carbons (Fsp3) is 0.360. The van der Waals surface area contributed by atoms with E-state index in [0.717, 1.165) is 40.8 Å². The summed E-state index contributed by atoms with van der Waals surface area (Å²) >= 11 is 1.35. The predicted molar refractivity (Wildman–Crippen MR) is 125 cm³/mol. The van der Waals surface area contributed by atoms with E-state index in [9.17, 15) is 18.0 Å². The standard InChI is InChI=1S/C25H26F3N2O3S/c1-3-4-8-17-15-32-21-12-7-9-18-22(13-14-30(17)24(18)21)34-16-23(31)29(2)19-10-5-6-11-20(19)33-25(26,27)28/h5-7,9-14,17H,3-4,8,15-16H2,1-2H3/q+1. The Morgan fingerprint density at radius 2 is 2.00 bits per heavy atom. The molecule has 0 saturated heterocycles. The first kappa shape index (κ1) is 24.2. The molecule has 0 aliphatic carbocycles. The summed E-state index contributed by atoms with van der Waals surface area (Å²) in [6, 6.07) is 13.7. The average molecular weight is 492 g/mol. The summed E-state index contributed by atoms with van der Waals surface area (Å²) in [4.78, 5) is 15.0. The molecule has 0 fully saturated rings. The zero-order valence-corrected chi connectivity index (χ0v) is 19.8. The molecule has 1 aliphatic heterocycles. The van der Waals surface area contributed by atoms with E-state index in [2.05, 4.69) is 16.2 Å². The van der Waals surface area contributed by atoms with Gasteiger partial charge in [-0.1, -0.05) is 31.5 Å². The van der Waals surface area contributed by atoms with Crippen LogP contribution in [-0.4, -0.2) is 31.7 Å². The van der Waals surface area contributed by atoms with Crippen molar-refractivity contribution in [3.05, 3.63) is 54.7 Å². The van der Waals surface area contributed by atoms with Crippen LogP contribution in [0.4, 0.5) is 18.9 Å². The van der Waals surface area contributed by atoms with Crippen molar-refractivity contribution in [2.75, 3.05) is 24.3 Å². The fourth-order valence-electron chi connectivity index (χ4n) is 4.09. The number of carbonyl (C=O) groups is 1. The van der Waals surface area contributed by atoms with Gasteiger partial charge in [0.15, 0.2) is 30.3 Å². The van der Waals surface area contributed by atoms with Gasteiger partial charge in [0.1, 0.15) is 0 Å². The van der Waals surface area contributed by atoms with E-state index in [1.54, 1.807) is 6.07 Å². The molecule has 9 heteroatoms. The fourth-order valence-corrected chi connectivity index (χ4v) is 5.04. The third-order valence-corrected chi connectivity index (χ3v) is 6.86. The van der Waals surface area contributed by atoms with Crippen molar-refractivity contribution < 1.29 is 32.0 Å². The van der Waals surface area contributed by atoms with Gasteiger partial charge >= 0.3 is 6.36 Å². The van der Waals surface area contributed by atoms with Crippen LogP contribution in [0.1, 0.15) is 32.2 Å². The van der Waals surface area contributed by atoms with Crippen molar-refractivity contribution in [3.8, 4) is 11.5 Å². The molecule has 2 aromatic carbocycles. The Labute approximate surface area is 200 Å². The van der Waals surface area contributed by atoms with Gasteiger partial charge in [-0.3, -0.25) is 4.79 Å². The lowest BCUT2D eigenvalue weighted by atomic mass is 10.1. The third kappa shape index (κ3) is 5.24. The maximum Gasteiger partial charge on any atom is 0.573 e. The second-order valence-corrected chi connectivity index (χ2v) is 9.12. The minimum absolute atomic E-state index is 0.0559. The van der Waals surface area contributed by atoms with E-state index in [1.807, 2.05) is 30.5 Å². The molecule has 0 bridgehead atoms. The molecule has 0 radical (unpaired) electrons. The lowest BCUT2D eigenvalue weighted by molar-refractivity contribution is -0.704. The number of benzene rings is 2. The van der Waals surface area contributed by atoms with Gasteiger partial charge in [0, 0.05) is 24.4 Å². The Bertz CT molecular complexity index is 1190. The van der Waals surface area contributed by atoms with Crippen LogP contribution in [-0.2, 0) is 4.79 Å². The number of thioether (sulfide) groups is 1. The summed E-state index contributed by atoms with van der Waals surface area (Å²) in [5.41, 5.74) is 1.06. The van der Waals surface area contributed by atoms with Gasteiger partial charge in [0.2, 0.25) is 5.91 Å². The molecule has 1 amide bonds. The highest BCUT2D eigenvalue weighted by atomic mass is 32.2. The Morgan fingerprint density at radius 3 is 2.76 bits per heavy atom. The molecule has 180 valence electrons. The topological polar surface area (TPSA) is 42.6 Å². The van der Waals surface area contributed by atoms with E-state index in [-0.39, 0.29) is 23.4 Å². The molecule has 0 saturated carbocycles. The van der Waals surface area contributed by atoms with Crippen molar-refractivity contribution in [1.29, 1.82) is 0 Å². The van der Waals surface area contributed by atoms with Crippen LogP contribution in [0.25, 0.3) is 10.9 Å². The first-order chi connectivity index (χ1) is 16.3. The number of nitrogens with zero attached hydrogens (tertiary/aromatic N) is 2. The van der Waals surface area contributed by atoms with Gasteiger partial charge in [-0.05, 0) is 30.7 Å². The number of hydrogen-bond donors (Lipinski definition) is 0. The zero-order chi connectivity index (χ0) is 24.3. The Morgan fingerprint density at radius 1 is 1.21 bits per heavy atom. The summed E-state index contributed by atoms with van der Waals surface area (Å²) in [5.74, 6) is 0.118. The van der Waals surface area contributed by atoms with Crippen LogP contribution in [0, 0.1) is 0 Å². The van der Waals surface area contributed by atoms with Crippen molar-refractivity contribution in [1.82, 2.24) is 0 Å². The number of unbranched alkanes of at least 4 members (excludes halogenated alkanes) is 1. The number of amides is 1. The second kappa shape index (κ2) is 10.1. The van der Waals surface area contributed by atoms with Crippen LogP contribution in [0.3, 0.4) is 0 Å². The normalized spacial score (nSPS) is 15.1. The van der Waals surface area contributed by atoms with Crippen LogP contribution in [0.5, 0.6) is 11.5 Å². The molecule has 1 unspecified atom stereocenters. The maximum absolute atomic E-state index is 12.9. The van der Waals surface area contributed by atoms with Crippen molar-refractivity contribution >= 4 is 34.3 Å². The highest BCUT2D eigenvalue weighted by Crippen LogP contribution is 2.36. The molecule has 1 atom stereocenters. The molecule has 5 nitrogen and oxygen atoms in total. The minimum atomic E-state index is -4.84. The largest absolute Gasteiger partial charge is 0.573 e. The number of halogens is 3. The number of ether oxygens (including phenoxy) is 2. The molecule has 34 heavy (non-hydrogen) atoms. The van der Waals surface area contributed by atoms with Crippen molar-refractivity contribution in [3.63, 3.8) is 0 Å². The molecule has 1 aromatic heterocycles. The van der Waals surface area contributed by atoms with E-state index >= 15 is 0 Å². The summed E-state index contributed by atoms with van der Waals surface area (Å²) in [6.45, 7) is 2.80. The molecule has 4 rings (SSSR count). The number of rotatable bonds is 8. The average Bonchev–Trinajstić information content (AvgIpc) is 2.82. The number of carbonyl (C=O) groups excluding carboxylic acids is 1. The SMILES string of the molecule is CCCCC1COc2cccc3c(SCC(=O)N(C)c4ccccc4OC(F)(F)F)cc[n+]1c23. The quantitative estimate of drug-likeness (QED) is 0.291. The highest BCUT2D eigenvalue weighted by Gasteiger charge is 2.33. The van der Waals surface area contributed by atoms with Crippen LogP contribution in [0.2, 0.25) is 0 Å². The molecule has 1 aliphatic rings. The van der Waals surface area contributed by atoms with E-state index in [0.29, 0.717) is 6.61 Å². The van der Waals surface area contributed by atoms with Crippen molar-refractivity contribution in [2.45, 2.75) is 43.5 Å². The smallest absolute Gasteiger partial charge is 0.480 e. The summed E-state index contributed by atoms with van der Waals surface area (Å²) < 4.78 is 50.6. The van der Waals surface area contributed by atoms with Gasteiger partial charge in [-0.15, -0.1) is 24.9 Å². The maximum atomic E-state index is 12.9. The van der Waals surface area contributed by atoms with E-state index < -0.39 is 12.1 Å². The highest BCUT2D eigenvalue weighted by molar-refractivity contribution is 8.00. The molecular formula is C25H26F3N2O3S+. The monoisotopic (exact) mass is 491 g/mol. The van der Waals surface area contributed by atoms with Gasteiger partial charge in [-0.25, -0.2) is 0 Å². The number of alkyl halides is 3. The second-order valence-electron chi connectivity index (χ2n) is 8.10. The van der Waals surface area contributed by atoms with Crippen LogP contribution in [0.15, 0.2) is 59.6 Å². The number of aromatic nitrogens is 1. The summed E-state index contributed by atoms with van der Waals surface area (Å²) in [5, 5.41) is 0.988. The number of pyridine rings is 1. The van der Waals surface area contributed by atoms with Gasteiger partial charge in [0.05, 0.1) is 16.8 Å². The Hall–Kier alpha value is -2.94. The van der Waals surface area contributed by atoms with E-state index in [1.165, 1.54) is 41.9 Å². The minimum Gasteiger partial charge on any atom is -0.480 e. The summed E-state index contributed by atoms with van der Waals surface area (Å²) in [6.07, 6.45) is 0.453. The van der Waals surface area contributed by atoms with Gasteiger partial charge < -0.3 is 14.4 Å². The molecule has 3 aromatic rings. The molecule has 0 N–H and O–H groups in total. The van der Waals surface area contributed by atoms with Gasteiger partial charge in [-0.2, -0.15) is 4.57 Å². The predicted octanol–water partition coefficient (Wildman–Crippen LogP) is 5.90. The first-order valence-electron chi connectivity index (χ1n) is 11.1. The third-order valence-electron chi connectivity index (χ3n) is 5.80.